The molecule has 4 rings (SSSR count). The molecule has 8 heteroatoms. The van der Waals surface area contributed by atoms with Gasteiger partial charge in [0, 0.05) is 17.5 Å². The molecule has 0 aliphatic carbocycles. The number of nitrogens with zero attached hydrogens (tertiary/aromatic N) is 2. The topological polar surface area (TPSA) is 72.2 Å². The second kappa shape index (κ2) is 10.1. The van der Waals surface area contributed by atoms with E-state index in [1.54, 1.807) is 33.3 Å². The molecule has 0 N–H and O–H groups in total. The molecular formula is C25H28N2O5S. The summed E-state index contributed by atoms with van der Waals surface area (Å²) >= 11 is 1.63. The first-order valence-electron chi connectivity index (χ1n) is 11.0. The highest BCUT2D eigenvalue weighted by molar-refractivity contribution is 7.10. The van der Waals surface area contributed by atoms with Gasteiger partial charge in [-0.1, -0.05) is 13.0 Å². The lowest BCUT2D eigenvalue weighted by Crippen LogP contribution is -2.46. The molecular weight excluding hydrogens is 440 g/mol. The van der Waals surface area contributed by atoms with Gasteiger partial charge >= 0.3 is 0 Å². The van der Waals surface area contributed by atoms with Crippen LogP contribution < -0.4 is 9.47 Å². The summed E-state index contributed by atoms with van der Waals surface area (Å²) < 4.78 is 16.2. The Morgan fingerprint density at radius 3 is 2.64 bits per heavy atom. The fourth-order valence-corrected chi connectivity index (χ4v) is 4.59. The summed E-state index contributed by atoms with van der Waals surface area (Å²) in [4.78, 5) is 31.1. The molecule has 3 heterocycles. The van der Waals surface area contributed by atoms with Crippen molar-refractivity contribution in [1.29, 1.82) is 0 Å². The number of rotatable bonds is 9. The van der Waals surface area contributed by atoms with Gasteiger partial charge in [-0.3, -0.25) is 9.59 Å². The lowest BCUT2D eigenvalue weighted by molar-refractivity contribution is -0.133. The summed E-state index contributed by atoms with van der Waals surface area (Å²) in [5.74, 6) is 1.22. The third kappa shape index (κ3) is 5.22. The van der Waals surface area contributed by atoms with Crippen molar-refractivity contribution in [3.63, 3.8) is 0 Å². The average Bonchev–Trinajstić information content (AvgIpc) is 3.58. The van der Waals surface area contributed by atoms with Gasteiger partial charge in [0.2, 0.25) is 12.7 Å². The monoisotopic (exact) mass is 468 g/mol. The van der Waals surface area contributed by atoms with Crippen molar-refractivity contribution in [2.45, 2.75) is 46.3 Å². The zero-order valence-electron chi connectivity index (χ0n) is 19.1. The van der Waals surface area contributed by atoms with Gasteiger partial charge < -0.3 is 23.7 Å². The quantitative estimate of drug-likeness (QED) is 0.449. The number of furan rings is 1. The summed E-state index contributed by atoms with van der Waals surface area (Å²) in [5, 5.41) is 2.03. The van der Waals surface area contributed by atoms with Crippen LogP contribution in [0.25, 0.3) is 0 Å². The van der Waals surface area contributed by atoms with Gasteiger partial charge in [-0.25, -0.2) is 0 Å². The standard InChI is InChI=1S/C25H28N2O5S/c1-4-18(3)27(25(29)21-6-5-10-30-21)15-24(28)26(14-23-17(2)9-11-33-23)13-19-7-8-20-22(12-19)32-16-31-20/h5-12,18H,4,13-16H2,1-3H3. The molecule has 0 bridgehead atoms. The van der Waals surface area contributed by atoms with Crippen LogP contribution in [-0.4, -0.2) is 41.0 Å². The molecule has 1 atom stereocenters. The Bertz CT molecular complexity index is 1110. The van der Waals surface area contributed by atoms with Crippen LogP contribution in [0.15, 0.2) is 52.5 Å². The van der Waals surface area contributed by atoms with E-state index < -0.39 is 0 Å². The maximum absolute atomic E-state index is 13.6. The molecule has 7 nitrogen and oxygen atoms in total. The molecule has 0 saturated heterocycles. The number of aryl methyl sites for hydroxylation is 1. The minimum Gasteiger partial charge on any atom is -0.459 e. The van der Waals surface area contributed by atoms with Crippen molar-refractivity contribution >= 4 is 23.2 Å². The summed E-state index contributed by atoms with van der Waals surface area (Å²) in [6, 6.07) is 11.0. The van der Waals surface area contributed by atoms with Crippen LogP contribution >= 0.6 is 11.3 Å². The molecule has 0 radical (unpaired) electrons. The summed E-state index contributed by atoms with van der Waals surface area (Å²) in [6.07, 6.45) is 2.20. The van der Waals surface area contributed by atoms with Gasteiger partial charge in [-0.05, 0) is 67.1 Å². The number of carbonyl (C=O) groups is 2. The highest BCUT2D eigenvalue weighted by Gasteiger charge is 2.28. The summed E-state index contributed by atoms with van der Waals surface area (Å²) in [5.41, 5.74) is 2.09. The number of hydrogen-bond donors (Lipinski definition) is 0. The van der Waals surface area contributed by atoms with Gasteiger partial charge in [0.1, 0.15) is 6.54 Å². The molecule has 0 saturated carbocycles. The Kier molecular flexibility index (Phi) is 7.03. The van der Waals surface area contributed by atoms with E-state index in [4.69, 9.17) is 13.9 Å². The average molecular weight is 469 g/mol. The second-order valence-corrected chi connectivity index (χ2v) is 9.13. The highest BCUT2D eigenvalue weighted by Crippen LogP contribution is 2.33. The number of thiophene rings is 1. The summed E-state index contributed by atoms with van der Waals surface area (Å²) in [7, 11) is 0. The first-order chi connectivity index (χ1) is 16.0. The number of fused-ring (bicyclic) bond motifs is 1. The molecule has 1 aromatic carbocycles. The third-order valence-corrected chi connectivity index (χ3v) is 6.89. The largest absolute Gasteiger partial charge is 0.459 e. The molecule has 1 aliphatic heterocycles. The Hall–Kier alpha value is -3.26. The number of hydrogen-bond acceptors (Lipinski definition) is 6. The molecule has 0 spiro atoms. The normalized spacial score (nSPS) is 13.1. The Labute approximate surface area is 197 Å². The van der Waals surface area contributed by atoms with Crippen molar-refractivity contribution in [3.8, 4) is 11.5 Å². The fraction of sp³-hybridized carbons (Fsp3) is 0.360. The minimum atomic E-state index is -0.280. The van der Waals surface area contributed by atoms with Crippen LogP contribution in [0, 0.1) is 6.92 Å². The van der Waals surface area contributed by atoms with Crippen molar-refractivity contribution in [2.24, 2.45) is 0 Å². The van der Waals surface area contributed by atoms with E-state index in [2.05, 4.69) is 6.07 Å². The predicted molar refractivity (Wildman–Crippen MR) is 125 cm³/mol. The number of amides is 2. The SMILES string of the molecule is CCC(C)N(CC(=O)N(Cc1ccc2c(c1)OCO2)Cc1sccc1C)C(=O)c1ccco1. The van der Waals surface area contributed by atoms with Crippen LogP contribution in [0.3, 0.4) is 0 Å². The Balaban J connectivity index is 1.57. The maximum atomic E-state index is 13.6. The first-order valence-corrected chi connectivity index (χ1v) is 11.9. The van der Waals surface area contributed by atoms with Crippen molar-refractivity contribution < 1.29 is 23.5 Å². The lowest BCUT2D eigenvalue weighted by Gasteiger charge is -2.31. The van der Waals surface area contributed by atoms with E-state index in [9.17, 15) is 9.59 Å². The molecule has 1 aliphatic rings. The van der Waals surface area contributed by atoms with Gasteiger partial charge in [0.05, 0.1) is 12.8 Å². The van der Waals surface area contributed by atoms with Crippen LogP contribution in [-0.2, 0) is 17.9 Å². The van der Waals surface area contributed by atoms with Crippen molar-refractivity contribution in [2.75, 3.05) is 13.3 Å². The van der Waals surface area contributed by atoms with Crippen molar-refractivity contribution in [1.82, 2.24) is 9.80 Å². The molecule has 0 fully saturated rings. The van der Waals surface area contributed by atoms with E-state index in [-0.39, 0.29) is 37.0 Å². The highest BCUT2D eigenvalue weighted by atomic mass is 32.1. The summed E-state index contributed by atoms with van der Waals surface area (Å²) in [6.45, 7) is 7.03. The van der Waals surface area contributed by atoms with E-state index in [0.29, 0.717) is 24.6 Å². The van der Waals surface area contributed by atoms with E-state index in [1.165, 1.54) is 6.26 Å². The Morgan fingerprint density at radius 2 is 1.94 bits per heavy atom. The van der Waals surface area contributed by atoms with E-state index in [0.717, 1.165) is 22.4 Å². The lowest BCUT2D eigenvalue weighted by atomic mass is 10.1. The predicted octanol–water partition coefficient (Wildman–Crippen LogP) is 4.85. The first kappa shape index (κ1) is 22.9. The minimum absolute atomic E-state index is 0.0243. The van der Waals surface area contributed by atoms with Gasteiger partial charge in [0.25, 0.3) is 5.91 Å². The number of carbonyl (C=O) groups excluding carboxylic acids is 2. The zero-order valence-corrected chi connectivity index (χ0v) is 19.9. The van der Waals surface area contributed by atoms with Crippen LogP contribution in [0.1, 0.15) is 46.8 Å². The third-order valence-electron chi connectivity index (χ3n) is 5.89. The van der Waals surface area contributed by atoms with Crippen LogP contribution in [0.4, 0.5) is 0 Å². The van der Waals surface area contributed by atoms with Gasteiger partial charge in [-0.2, -0.15) is 0 Å². The van der Waals surface area contributed by atoms with Crippen LogP contribution in [0.2, 0.25) is 0 Å². The van der Waals surface area contributed by atoms with E-state index >= 15 is 0 Å². The zero-order chi connectivity index (χ0) is 23.4. The molecule has 2 aromatic heterocycles. The molecule has 1 unspecified atom stereocenters. The number of ether oxygens (including phenoxy) is 2. The molecule has 33 heavy (non-hydrogen) atoms. The Morgan fingerprint density at radius 1 is 1.12 bits per heavy atom. The smallest absolute Gasteiger partial charge is 0.290 e. The van der Waals surface area contributed by atoms with E-state index in [1.807, 2.05) is 44.4 Å². The maximum Gasteiger partial charge on any atom is 0.290 e. The van der Waals surface area contributed by atoms with Gasteiger partial charge in [0.15, 0.2) is 17.3 Å². The molecule has 3 aromatic rings. The van der Waals surface area contributed by atoms with Crippen molar-refractivity contribution in [3.05, 3.63) is 69.8 Å². The number of benzene rings is 1. The molecule has 174 valence electrons. The second-order valence-electron chi connectivity index (χ2n) is 8.13. The molecule has 2 amide bonds. The van der Waals surface area contributed by atoms with Gasteiger partial charge in [-0.15, -0.1) is 11.3 Å². The van der Waals surface area contributed by atoms with Crippen LogP contribution in [0.5, 0.6) is 11.5 Å². The fourth-order valence-electron chi connectivity index (χ4n) is 3.67.